The number of halogens is 1. The highest BCUT2D eigenvalue weighted by Crippen LogP contribution is 2.34. The number of hydrogen-bond donors (Lipinski definition) is 0. The van der Waals surface area contributed by atoms with E-state index in [9.17, 15) is 0 Å². The third-order valence-corrected chi connectivity index (χ3v) is 4.71. The van der Waals surface area contributed by atoms with Crippen LogP contribution in [-0.2, 0) is 5.33 Å². The molecule has 3 nitrogen and oxygen atoms in total. The molecule has 0 bridgehead atoms. The highest BCUT2D eigenvalue weighted by molar-refractivity contribution is 9.08. The number of hydrogen-bond acceptors (Lipinski definition) is 2. The van der Waals surface area contributed by atoms with Gasteiger partial charge in [-0.1, -0.05) is 34.1 Å². The lowest BCUT2D eigenvalue weighted by molar-refractivity contribution is 0.707. The number of aryl methyl sites for hydroxylation is 1. The lowest BCUT2D eigenvalue weighted by Gasteiger charge is -2.25. The molecule has 1 aliphatic carbocycles. The van der Waals surface area contributed by atoms with E-state index in [0.717, 1.165) is 35.7 Å². The van der Waals surface area contributed by atoms with Crippen molar-refractivity contribution >= 4 is 21.7 Å². The van der Waals surface area contributed by atoms with E-state index in [1.165, 1.54) is 24.2 Å². The largest absolute Gasteiger partial charge is 0.356 e. The van der Waals surface area contributed by atoms with Gasteiger partial charge in [-0.05, 0) is 44.7 Å². The van der Waals surface area contributed by atoms with E-state index < -0.39 is 0 Å². The predicted molar refractivity (Wildman–Crippen MR) is 91.5 cm³/mol. The minimum atomic E-state index is 0.849. The SMILES string of the molecule is CCN(CC1CC1)c1c(CBr)c(C)nn1-c1ccccc1. The third-order valence-electron chi connectivity index (χ3n) is 4.15. The summed E-state index contributed by atoms with van der Waals surface area (Å²) in [7, 11) is 0. The second-order valence-corrected chi connectivity index (χ2v) is 6.31. The molecule has 0 saturated heterocycles. The normalized spacial score (nSPS) is 14.4. The highest BCUT2D eigenvalue weighted by Gasteiger charge is 2.27. The van der Waals surface area contributed by atoms with Gasteiger partial charge >= 0.3 is 0 Å². The summed E-state index contributed by atoms with van der Waals surface area (Å²) in [5.41, 5.74) is 3.55. The molecule has 3 rings (SSSR count). The quantitative estimate of drug-likeness (QED) is 0.726. The van der Waals surface area contributed by atoms with E-state index in [0.29, 0.717) is 0 Å². The molecule has 1 aromatic heterocycles. The summed E-state index contributed by atoms with van der Waals surface area (Å²) < 4.78 is 2.11. The maximum Gasteiger partial charge on any atom is 0.136 e. The zero-order valence-electron chi connectivity index (χ0n) is 12.7. The van der Waals surface area contributed by atoms with Gasteiger partial charge in [-0.25, -0.2) is 4.68 Å². The standard InChI is InChI=1S/C17H22BrN3/c1-3-20(12-14-9-10-14)17-16(11-18)13(2)19-21(17)15-7-5-4-6-8-15/h4-8,14H,3,9-12H2,1-2H3. The Morgan fingerprint density at radius 1 is 1.29 bits per heavy atom. The average Bonchev–Trinajstić information content (AvgIpc) is 3.27. The molecule has 0 radical (unpaired) electrons. The molecular formula is C17H22BrN3. The first-order valence-electron chi connectivity index (χ1n) is 7.69. The van der Waals surface area contributed by atoms with Crippen LogP contribution in [0.5, 0.6) is 0 Å². The van der Waals surface area contributed by atoms with Crippen LogP contribution < -0.4 is 4.90 Å². The zero-order chi connectivity index (χ0) is 14.8. The van der Waals surface area contributed by atoms with Crippen molar-refractivity contribution in [2.45, 2.75) is 32.0 Å². The lowest BCUT2D eigenvalue weighted by atomic mass is 10.2. The Hall–Kier alpha value is -1.29. The van der Waals surface area contributed by atoms with Gasteiger partial charge in [-0.2, -0.15) is 5.10 Å². The van der Waals surface area contributed by atoms with E-state index in [1.807, 2.05) is 6.07 Å². The van der Waals surface area contributed by atoms with Crippen molar-refractivity contribution in [1.29, 1.82) is 0 Å². The van der Waals surface area contributed by atoms with Gasteiger partial charge in [0.25, 0.3) is 0 Å². The van der Waals surface area contributed by atoms with E-state index in [-0.39, 0.29) is 0 Å². The van der Waals surface area contributed by atoms with Gasteiger partial charge in [0.15, 0.2) is 0 Å². The Balaban J connectivity index is 2.06. The maximum atomic E-state index is 4.79. The van der Waals surface area contributed by atoms with Crippen LogP contribution in [0.15, 0.2) is 30.3 Å². The minimum absolute atomic E-state index is 0.849. The Bertz CT molecular complexity index is 602. The number of alkyl halides is 1. The molecular weight excluding hydrogens is 326 g/mol. The molecule has 0 N–H and O–H groups in total. The Morgan fingerprint density at radius 3 is 2.57 bits per heavy atom. The predicted octanol–water partition coefficient (Wildman–Crippen LogP) is 4.31. The summed E-state index contributed by atoms with van der Waals surface area (Å²) in [6, 6.07) is 10.4. The first-order valence-corrected chi connectivity index (χ1v) is 8.81. The number of para-hydroxylation sites is 1. The van der Waals surface area contributed by atoms with Gasteiger partial charge < -0.3 is 4.90 Å². The minimum Gasteiger partial charge on any atom is -0.356 e. The van der Waals surface area contributed by atoms with Crippen LogP contribution in [0.3, 0.4) is 0 Å². The van der Waals surface area contributed by atoms with Crippen molar-refractivity contribution in [2.75, 3.05) is 18.0 Å². The van der Waals surface area contributed by atoms with Crippen molar-refractivity contribution in [3.05, 3.63) is 41.6 Å². The average molecular weight is 348 g/mol. The van der Waals surface area contributed by atoms with Gasteiger partial charge in [0.1, 0.15) is 5.82 Å². The highest BCUT2D eigenvalue weighted by atomic mass is 79.9. The maximum absolute atomic E-state index is 4.79. The molecule has 4 heteroatoms. The van der Waals surface area contributed by atoms with Crippen molar-refractivity contribution in [2.24, 2.45) is 5.92 Å². The third kappa shape index (κ3) is 3.00. The van der Waals surface area contributed by atoms with Crippen LogP contribution >= 0.6 is 15.9 Å². The van der Waals surface area contributed by atoms with Crippen molar-refractivity contribution in [3.8, 4) is 5.69 Å². The molecule has 0 aliphatic heterocycles. The molecule has 2 aromatic rings. The van der Waals surface area contributed by atoms with Crippen LogP contribution in [0.1, 0.15) is 31.0 Å². The monoisotopic (exact) mass is 347 g/mol. The summed E-state index contributed by atoms with van der Waals surface area (Å²) in [5.74, 6) is 2.12. The fraction of sp³-hybridized carbons (Fsp3) is 0.471. The van der Waals surface area contributed by atoms with E-state index in [4.69, 9.17) is 5.10 Å². The van der Waals surface area contributed by atoms with Crippen LogP contribution in [0.25, 0.3) is 5.69 Å². The molecule has 1 heterocycles. The first-order chi connectivity index (χ1) is 10.2. The summed E-state index contributed by atoms with van der Waals surface area (Å²) in [6.07, 6.45) is 2.75. The number of benzene rings is 1. The Kier molecular flexibility index (Phi) is 4.34. The molecule has 1 aliphatic rings. The molecule has 21 heavy (non-hydrogen) atoms. The molecule has 0 spiro atoms. The van der Waals surface area contributed by atoms with E-state index in [1.54, 1.807) is 0 Å². The number of anilines is 1. The second kappa shape index (κ2) is 6.22. The second-order valence-electron chi connectivity index (χ2n) is 5.75. The van der Waals surface area contributed by atoms with Crippen molar-refractivity contribution in [1.82, 2.24) is 9.78 Å². The van der Waals surface area contributed by atoms with Crippen LogP contribution in [0.4, 0.5) is 5.82 Å². The summed E-state index contributed by atoms with van der Waals surface area (Å²) in [4.78, 5) is 2.49. The van der Waals surface area contributed by atoms with Crippen LogP contribution in [0, 0.1) is 12.8 Å². The molecule has 1 aromatic carbocycles. The number of nitrogens with zero attached hydrogens (tertiary/aromatic N) is 3. The van der Waals surface area contributed by atoms with Gasteiger partial charge in [0.2, 0.25) is 0 Å². The molecule has 0 unspecified atom stereocenters. The molecule has 1 saturated carbocycles. The van der Waals surface area contributed by atoms with Gasteiger partial charge in [-0.15, -0.1) is 0 Å². The fourth-order valence-corrected chi connectivity index (χ4v) is 3.41. The zero-order valence-corrected chi connectivity index (χ0v) is 14.3. The lowest BCUT2D eigenvalue weighted by Crippen LogP contribution is -2.28. The van der Waals surface area contributed by atoms with Gasteiger partial charge in [-0.3, -0.25) is 0 Å². The van der Waals surface area contributed by atoms with E-state index >= 15 is 0 Å². The number of aromatic nitrogens is 2. The van der Waals surface area contributed by atoms with Crippen LogP contribution in [0.2, 0.25) is 0 Å². The van der Waals surface area contributed by atoms with Crippen LogP contribution in [-0.4, -0.2) is 22.9 Å². The van der Waals surface area contributed by atoms with Crippen molar-refractivity contribution in [3.63, 3.8) is 0 Å². The summed E-state index contributed by atoms with van der Waals surface area (Å²) in [5, 5.41) is 5.64. The topological polar surface area (TPSA) is 21.1 Å². The van der Waals surface area contributed by atoms with Crippen molar-refractivity contribution < 1.29 is 0 Å². The van der Waals surface area contributed by atoms with E-state index in [2.05, 4.69) is 63.6 Å². The smallest absolute Gasteiger partial charge is 0.136 e. The summed E-state index contributed by atoms with van der Waals surface area (Å²) >= 11 is 3.64. The molecule has 112 valence electrons. The Morgan fingerprint density at radius 2 is 2.00 bits per heavy atom. The fourth-order valence-electron chi connectivity index (χ4n) is 2.76. The van der Waals surface area contributed by atoms with Gasteiger partial charge in [0, 0.05) is 24.0 Å². The summed E-state index contributed by atoms with van der Waals surface area (Å²) in [6.45, 7) is 6.51. The Labute approximate surface area is 135 Å². The molecule has 0 atom stereocenters. The number of rotatable bonds is 6. The molecule has 1 fully saturated rings. The first kappa shape index (κ1) is 14.6. The van der Waals surface area contributed by atoms with Gasteiger partial charge in [0.05, 0.1) is 11.4 Å². The molecule has 0 amide bonds.